The molecule has 1 amide bonds. The zero-order valence-electron chi connectivity index (χ0n) is 14.8. The summed E-state index contributed by atoms with van der Waals surface area (Å²) in [7, 11) is 3.17. The molecule has 0 saturated heterocycles. The van der Waals surface area contributed by atoms with E-state index < -0.39 is 0 Å². The number of amides is 1. The van der Waals surface area contributed by atoms with Crippen LogP contribution in [-0.4, -0.2) is 41.9 Å². The molecule has 1 aromatic heterocycles. The highest BCUT2D eigenvalue weighted by Crippen LogP contribution is 2.29. The van der Waals surface area contributed by atoms with Gasteiger partial charge in [-0.1, -0.05) is 17.0 Å². The number of benzene rings is 2. The van der Waals surface area contributed by atoms with Gasteiger partial charge in [-0.25, -0.2) is 0 Å². The first kappa shape index (κ1) is 17.5. The monoisotopic (exact) mass is 356 g/mol. The number of nitrogens with one attached hydrogen (secondary N) is 1. The Morgan fingerprint density at radius 3 is 2.77 bits per heavy atom. The third-order valence-electron chi connectivity index (χ3n) is 3.92. The lowest BCUT2D eigenvalue weighted by molar-refractivity contribution is -0.127. The molecular formula is C18H20N4O4. The van der Waals surface area contributed by atoms with Crippen LogP contribution in [0.2, 0.25) is 0 Å². The van der Waals surface area contributed by atoms with Crippen LogP contribution in [0.5, 0.6) is 11.5 Å². The van der Waals surface area contributed by atoms with E-state index in [4.69, 9.17) is 14.3 Å². The highest BCUT2D eigenvalue weighted by Gasteiger charge is 2.16. The first-order chi connectivity index (χ1) is 12.6. The van der Waals surface area contributed by atoms with Crippen LogP contribution in [0.25, 0.3) is 11.0 Å². The van der Waals surface area contributed by atoms with Crippen molar-refractivity contribution in [2.24, 2.45) is 0 Å². The number of fused-ring (bicyclic) bond motifs is 1. The average Bonchev–Trinajstić information content (AvgIpc) is 3.09. The number of carbonyl (C=O) groups excluding carboxylic acids is 1. The van der Waals surface area contributed by atoms with E-state index in [1.54, 1.807) is 26.4 Å². The van der Waals surface area contributed by atoms with E-state index in [1.807, 2.05) is 37.3 Å². The van der Waals surface area contributed by atoms with Crippen molar-refractivity contribution in [1.29, 1.82) is 0 Å². The molecule has 3 rings (SSSR count). The topological polar surface area (TPSA) is 87.5 Å². The van der Waals surface area contributed by atoms with Gasteiger partial charge in [0, 0.05) is 5.56 Å². The molecule has 8 nitrogen and oxygen atoms in total. The van der Waals surface area contributed by atoms with Crippen LogP contribution in [0.1, 0.15) is 18.5 Å². The lowest BCUT2D eigenvalue weighted by Crippen LogP contribution is -2.34. The van der Waals surface area contributed by atoms with E-state index in [2.05, 4.69) is 15.6 Å². The number of rotatable bonds is 7. The Morgan fingerprint density at radius 2 is 2.00 bits per heavy atom. The van der Waals surface area contributed by atoms with Crippen LogP contribution in [-0.2, 0) is 4.79 Å². The van der Waals surface area contributed by atoms with Crippen LogP contribution < -0.4 is 19.6 Å². The molecule has 0 aliphatic rings. The quantitative estimate of drug-likeness (QED) is 0.694. The van der Waals surface area contributed by atoms with Crippen molar-refractivity contribution in [3.63, 3.8) is 0 Å². The Morgan fingerprint density at radius 1 is 1.19 bits per heavy atom. The van der Waals surface area contributed by atoms with E-state index in [0.29, 0.717) is 22.5 Å². The van der Waals surface area contributed by atoms with Crippen LogP contribution in [0.15, 0.2) is 42.5 Å². The number of ether oxygens (including phenoxy) is 2. The summed E-state index contributed by atoms with van der Waals surface area (Å²) in [6.07, 6.45) is 0. The molecule has 8 heteroatoms. The Bertz CT molecular complexity index is 909. The summed E-state index contributed by atoms with van der Waals surface area (Å²) in [5.74, 6) is 1.07. The fourth-order valence-corrected chi connectivity index (χ4v) is 2.60. The normalized spacial score (nSPS) is 11.8. The third kappa shape index (κ3) is 3.69. The molecule has 0 spiro atoms. The van der Waals surface area contributed by atoms with Crippen molar-refractivity contribution in [1.82, 2.24) is 20.5 Å². The second-order valence-electron chi connectivity index (χ2n) is 5.62. The molecule has 0 fully saturated rings. The molecule has 1 N–H and O–H groups in total. The van der Waals surface area contributed by atoms with Crippen LogP contribution >= 0.6 is 0 Å². The van der Waals surface area contributed by atoms with E-state index in [-0.39, 0.29) is 18.6 Å². The number of hydrogen-bond donors (Lipinski definition) is 1. The largest absolute Gasteiger partial charge is 0.497 e. The number of carbonyl (C=O) groups is 1. The summed E-state index contributed by atoms with van der Waals surface area (Å²) in [5, 5.41) is 10.7. The summed E-state index contributed by atoms with van der Waals surface area (Å²) in [4.78, 5) is 18.9. The zero-order valence-corrected chi connectivity index (χ0v) is 14.8. The minimum atomic E-state index is -0.290. The van der Waals surface area contributed by atoms with Crippen LogP contribution in [0.3, 0.4) is 0 Å². The molecule has 1 heterocycles. The Kier molecular flexibility index (Phi) is 5.21. The molecule has 26 heavy (non-hydrogen) atoms. The molecule has 0 radical (unpaired) electrons. The zero-order chi connectivity index (χ0) is 18.5. The van der Waals surface area contributed by atoms with E-state index in [0.717, 1.165) is 5.56 Å². The number of para-hydroxylation sites is 1. The molecule has 0 aliphatic carbocycles. The van der Waals surface area contributed by atoms with Gasteiger partial charge in [-0.15, -0.1) is 5.10 Å². The first-order valence-electron chi connectivity index (χ1n) is 8.07. The second kappa shape index (κ2) is 7.73. The van der Waals surface area contributed by atoms with E-state index in [1.165, 1.54) is 4.85 Å². The molecule has 136 valence electrons. The maximum absolute atomic E-state index is 12.2. The molecule has 0 saturated carbocycles. The third-order valence-corrected chi connectivity index (χ3v) is 3.92. The molecule has 0 bridgehead atoms. The van der Waals surface area contributed by atoms with Crippen molar-refractivity contribution in [3.05, 3.63) is 48.0 Å². The van der Waals surface area contributed by atoms with Gasteiger partial charge in [0.2, 0.25) is 0 Å². The van der Waals surface area contributed by atoms with Gasteiger partial charge in [0.25, 0.3) is 5.91 Å². The molecule has 0 unspecified atom stereocenters. The van der Waals surface area contributed by atoms with Gasteiger partial charge in [-0.2, -0.15) is 0 Å². The number of hydrogen-bond acceptors (Lipinski definition) is 6. The van der Waals surface area contributed by atoms with Gasteiger partial charge >= 0.3 is 0 Å². The fraction of sp³-hybridized carbons (Fsp3) is 0.278. The first-order valence-corrected chi connectivity index (χ1v) is 8.07. The van der Waals surface area contributed by atoms with Gasteiger partial charge in [0.15, 0.2) is 6.61 Å². The molecule has 1 atom stereocenters. The standard InChI is InChI=1S/C18H20N4O4/c1-12(14-10-13(24-2)8-9-17(14)25-3)19-18(23)11-26-22-16-7-5-4-6-15(16)20-21-22/h4-10,12H,11H2,1-3H3,(H,19,23)/t12-/m0/s1. The Labute approximate surface area is 150 Å². The van der Waals surface area contributed by atoms with Crippen molar-refractivity contribution < 1.29 is 19.1 Å². The fourth-order valence-electron chi connectivity index (χ4n) is 2.60. The Balaban J connectivity index is 1.64. The number of methoxy groups -OCH3 is 2. The van der Waals surface area contributed by atoms with Crippen molar-refractivity contribution >= 4 is 16.9 Å². The highest BCUT2D eigenvalue weighted by molar-refractivity contribution is 5.78. The van der Waals surface area contributed by atoms with E-state index in [9.17, 15) is 4.79 Å². The summed E-state index contributed by atoms with van der Waals surface area (Å²) < 4.78 is 10.6. The SMILES string of the molecule is COc1ccc(OC)c([C@H](C)NC(=O)COn2nnc3ccccc32)c1. The molecule has 0 aliphatic heterocycles. The molecule has 3 aromatic rings. The van der Waals surface area contributed by atoms with Gasteiger partial charge in [-0.3, -0.25) is 4.79 Å². The van der Waals surface area contributed by atoms with Crippen LogP contribution in [0, 0.1) is 0 Å². The Hall–Kier alpha value is -3.29. The van der Waals surface area contributed by atoms with Gasteiger partial charge < -0.3 is 19.6 Å². The molecule has 2 aromatic carbocycles. The van der Waals surface area contributed by atoms with Gasteiger partial charge in [0.1, 0.15) is 22.5 Å². The van der Waals surface area contributed by atoms with Gasteiger partial charge in [-0.05, 0) is 42.5 Å². The lowest BCUT2D eigenvalue weighted by atomic mass is 10.1. The predicted octanol–water partition coefficient (Wildman–Crippen LogP) is 1.75. The van der Waals surface area contributed by atoms with Gasteiger partial charge in [0.05, 0.1) is 20.3 Å². The lowest BCUT2D eigenvalue weighted by Gasteiger charge is -2.18. The van der Waals surface area contributed by atoms with Crippen LogP contribution in [0.4, 0.5) is 0 Å². The average molecular weight is 356 g/mol. The van der Waals surface area contributed by atoms with E-state index >= 15 is 0 Å². The van der Waals surface area contributed by atoms with Crippen molar-refractivity contribution in [3.8, 4) is 11.5 Å². The summed E-state index contributed by atoms with van der Waals surface area (Å²) in [6.45, 7) is 1.67. The minimum Gasteiger partial charge on any atom is -0.497 e. The maximum atomic E-state index is 12.2. The smallest absolute Gasteiger partial charge is 0.261 e. The summed E-state index contributed by atoms with van der Waals surface area (Å²) >= 11 is 0. The van der Waals surface area contributed by atoms with Crippen molar-refractivity contribution in [2.75, 3.05) is 20.8 Å². The number of nitrogens with zero attached hydrogens (tertiary/aromatic N) is 3. The summed E-state index contributed by atoms with van der Waals surface area (Å²) in [5.41, 5.74) is 2.21. The predicted molar refractivity (Wildman–Crippen MR) is 95.1 cm³/mol. The highest BCUT2D eigenvalue weighted by atomic mass is 16.7. The second-order valence-corrected chi connectivity index (χ2v) is 5.62. The molecular weight excluding hydrogens is 336 g/mol. The maximum Gasteiger partial charge on any atom is 0.261 e. The van der Waals surface area contributed by atoms with Crippen molar-refractivity contribution in [2.45, 2.75) is 13.0 Å². The number of aromatic nitrogens is 3. The minimum absolute atomic E-state index is 0.190. The summed E-state index contributed by atoms with van der Waals surface area (Å²) in [6, 6.07) is 12.5.